The third-order valence-corrected chi connectivity index (χ3v) is 2.91. The van der Waals surface area contributed by atoms with Crippen LogP contribution in [0.4, 0.5) is 10.5 Å². The molecule has 1 heterocycles. The first kappa shape index (κ1) is 15.2. The van der Waals surface area contributed by atoms with Gasteiger partial charge in [0.2, 0.25) is 0 Å². The summed E-state index contributed by atoms with van der Waals surface area (Å²) in [6.45, 7) is 7.20. The molecule has 0 aliphatic carbocycles. The molecule has 0 saturated carbocycles. The minimum Gasteiger partial charge on any atom is -0.482 e. The quantitative estimate of drug-likeness (QED) is 0.795. The van der Waals surface area contributed by atoms with Gasteiger partial charge in [0, 0.05) is 13.1 Å². The van der Waals surface area contributed by atoms with Gasteiger partial charge >= 0.3 is 6.03 Å². The lowest BCUT2D eigenvalue weighted by Crippen LogP contribution is -2.39. The smallest absolute Gasteiger partial charge is 0.315 e. The van der Waals surface area contributed by atoms with Crippen LogP contribution >= 0.6 is 0 Å². The summed E-state index contributed by atoms with van der Waals surface area (Å²) in [7, 11) is 0. The van der Waals surface area contributed by atoms with Crippen LogP contribution in [0.15, 0.2) is 18.2 Å². The molecule has 3 amide bonds. The number of amides is 3. The molecule has 0 aromatic heterocycles. The van der Waals surface area contributed by atoms with Gasteiger partial charge in [0.25, 0.3) is 5.91 Å². The first-order valence-electron chi connectivity index (χ1n) is 6.91. The molecule has 0 atom stereocenters. The van der Waals surface area contributed by atoms with Gasteiger partial charge in [-0.25, -0.2) is 4.79 Å². The fourth-order valence-corrected chi connectivity index (χ4v) is 1.83. The third-order valence-electron chi connectivity index (χ3n) is 2.91. The molecule has 0 unspecified atom stereocenters. The van der Waals surface area contributed by atoms with Crippen LogP contribution in [0.5, 0.6) is 5.75 Å². The average molecular weight is 291 g/mol. The Hall–Kier alpha value is -2.24. The lowest BCUT2D eigenvalue weighted by molar-refractivity contribution is -0.118. The number of benzene rings is 1. The fourth-order valence-electron chi connectivity index (χ4n) is 1.83. The average Bonchev–Trinajstić information content (AvgIpc) is 2.41. The number of ether oxygens (including phenoxy) is 1. The largest absolute Gasteiger partial charge is 0.482 e. The first-order chi connectivity index (χ1) is 9.83. The number of rotatable bonds is 3. The maximum absolute atomic E-state index is 11.7. The molecule has 1 aromatic rings. The Kier molecular flexibility index (Phi) is 4.35. The van der Waals surface area contributed by atoms with Crippen LogP contribution in [-0.4, -0.2) is 25.1 Å². The monoisotopic (exact) mass is 291 g/mol. The van der Waals surface area contributed by atoms with Crippen LogP contribution in [-0.2, 0) is 11.3 Å². The number of fused-ring (bicyclic) bond motifs is 1. The molecule has 0 bridgehead atoms. The molecule has 1 aliphatic heterocycles. The van der Waals surface area contributed by atoms with Gasteiger partial charge in [0.1, 0.15) is 5.75 Å². The molecule has 114 valence electrons. The standard InChI is InChI=1S/C15H21N3O3/c1-15(2,3)9-17-14(20)16-7-10-4-5-12-11(6-10)18-13(19)8-21-12/h4-6H,7-9H2,1-3H3,(H,18,19)(H2,16,17,20). The van der Waals surface area contributed by atoms with Gasteiger partial charge in [-0.05, 0) is 23.1 Å². The van der Waals surface area contributed by atoms with Crippen LogP contribution in [0, 0.1) is 5.41 Å². The Morgan fingerprint density at radius 1 is 1.33 bits per heavy atom. The Bertz CT molecular complexity index is 550. The van der Waals surface area contributed by atoms with E-state index >= 15 is 0 Å². The van der Waals surface area contributed by atoms with Crippen molar-refractivity contribution in [2.75, 3.05) is 18.5 Å². The molecule has 0 fully saturated rings. The predicted octanol–water partition coefficient (Wildman–Crippen LogP) is 1.86. The van der Waals surface area contributed by atoms with Gasteiger partial charge in [-0.1, -0.05) is 26.8 Å². The van der Waals surface area contributed by atoms with Crippen molar-refractivity contribution in [3.05, 3.63) is 23.8 Å². The third kappa shape index (κ3) is 4.66. The zero-order valence-corrected chi connectivity index (χ0v) is 12.6. The lowest BCUT2D eigenvalue weighted by Gasteiger charge is -2.20. The van der Waals surface area contributed by atoms with Crippen LogP contribution < -0.4 is 20.7 Å². The van der Waals surface area contributed by atoms with Crippen molar-refractivity contribution in [2.24, 2.45) is 5.41 Å². The van der Waals surface area contributed by atoms with E-state index in [4.69, 9.17) is 4.74 Å². The molecule has 0 spiro atoms. The zero-order chi connectivity index (χ0) is 15.5. The molecule has 2 rings (SSSR count). The molecular formula is C15H21N3O3. The van der Waals surface area contributed by atoms with Crippen LogP contribution in [0.25, 0.3) is 0 Å². The van der Waals surface area contributed by atoms with Crippen LogP contribution in [0.2, 0.25) is 0 Å². The number of nitrogens with one attached hydrogen (secondary N) is 3. The van der Waals surface area contributed by atoms with Crippen LogP contribution in [0.3, 0.4) is 0 Å². The second-order valence-corrected chi connectivity index (χ2v) is 6.26. The van der Waals surface area contributed by atoms with Crippen molar-refractivity contribution in [2.45, 2.75) is 27.3 Å². The number of carbonyl (C=O) groups is 2. The summed E-state index contributed by atoms with van der Waals surface area (Å²) in [6.07, 6.45) is 0. The first-order valence-corrected chi connectivity index (χ1v) is 6.91. The number of anilines is 1. The molecular weight excluding hydrogens is 270 g/mol. The van der Waals surface area contributed by atoms with E-state index < -0.39 is 0 Å². The number of urea groups is 1. The number of hydrogen-bond acceptors (Lipinski definition) is 3. The normalized spacial score (nSPS) is 13.8. The van der Waals surface area contributed by atoms with E-state index in [0.717, 1.165) is 5.56 Å². The van der Waals surface area contributed by atoms with Gasteiger partial charge in [-0.2, -0.15) is 0 Å². The summed E-state index contributed by atoms with van der Waals surface area (Å²) in [5.74, 6) is 0.478. The summed E-state index contributed by atoms with van der Waals surface area (Å²) in [5, 5.41) is 8.34. The Morgan fingerprint density at radius 3 is 2.81 bits per heavy atom. The molecule has 3 N–H and O–H groups in total. The van der Waals surface area contributed by atoms with Gasteiger partial charge in [-0.3, -0.25) is 4.79 Å². The van der Waals surface area contributed by atoms with Crippen molar-refractivity contribution in [1.29, 1.82) is 0 Å². The topological polar surface area (TPSA) is 79.5 Å². The highest BCUT2D eigenvalue weighted by molar-refractivity contribution is 5.95. The van der Waals surface area contributed by atoms with E-state index in [0.29, 0.717) is 24.5 Å². The van der Waals surface area contributed by atoms with Gasteiger partial charge in [0.15, 0.2) is 6.61 Å². The SMILES string of the molecule is CC(C)(C)CNC(=O)NCc1ccc2c(c1)NC(=O)CO2. The zero-order valence-electron chi connectivity index (χ0n) is 12.6. The van der Waals surface area contributed by atoms with E-state index in [9.17, 15) is 9.59 Å². The number of carbonyl (C=O) groups excluding carboxylic acids is 2. The Labute approximate surface area is 124 Å². The van der Waals surface area contributed by atoms with Crippen molar-refractivity contribution >= 4 is 17.6 Å². The van der Waals surface area contributed by atoms with Crippen molar-refractivity contribution in [1.82, 2.24) is 10.6 Å². The number of hydrogen-bond donors (Lipinski definition) is 3. The van der Waals surface area contributed by atoms with E-state index in [1.165, 1.54) is 0 Å². The summed E-state index contributed by atoms with van der Waals surface area (Å²) in [6, 6.07) is 5.25. The highest BCUT2D eigenvalue weighted by Crippen LogP contribution is 2.28. The predicted molar refractivity (Wildman–Crippen MR) is 80.3 cm³/mol. The molecule has 21 heavy (non-hydrogen) atoms. The van der Waals surface area contributed by atoms with E-state index in [-0.39, 0.29) is 24.0 Å². The fraction of sp³-hybridized carbons (Fsp3) is 0.467. The summed E-state index contributed by atoms with van der Waals surface area (Å²) >= 11 is 0. The summed E-state index contributed by atoms with van der Waals surface area (Å²) in [4.78, 5) is 23.0. The van der Waals surface area contributed by atoms with E-state index in [1.807, 2.05) is 6.07 Å². The maximum atomic E-state index is 11.7. The molecule has 6 nitrogen and oxygen atoms in total. The van der Waals surface area contributed by atoms with Gasteiger partial charge < -0.3 is 20.7 Å². The van der Waals surface area contributed by atoms with Crippen molar-refractivity contribution in [3.8, 4) is 5.75 Å². The second kappa shape index (κ2) is 6.03. The minimum absolute atomic E-state index is 0.0415. The van der Waals surface area contributed by atoms with Gasteiger partial charge in [0.05, 0.1) is 5.69 Å². The van der Waals surface area contributed by atoms with E-state index in [1.54, 1.807) is 12.1 Å². The molecule has 1 aromatic carbocycles. The Morgan fingerprint density at radius 2 is 2.10 bits per heavy atom. The van der Waals surface area contributed by atoms with Crippen LogP contribution in [0.1, 0.15) is 26.3 Å². The highest BCUT2D eigenvalue weighted by Gasteiger charge is 2.16. The molecule has 6 heteroatoms. The molecule has 0 saturated heterocycles. The van der Waals surface area contributed by atoms with Gasteiger partial charge in [-0.15, -0.1) is 0 Å². The summed E-state index contributed by atoms with van der Waals surface area (Å²) < 4.78 is 5.28. The second-order valence-electron chi connectivity index (χ2n) is 6.26. The molecule has 0 radical (unpaired) electrons. The summed E-state index contributed by atoms with van der Waals surface area (Å²) in [5.41, 5.74) is 1.58. The maximum Gasteiger partial charge on any atom is 0.315 e. The van der Waals surface area contributed by atoms with Crippen molar-refractivity contribution in [3.63, 3.8) is 0 Å². The van der Waals surface area contributed by atoms with E-state index in [2.05, 4.69) is 36.7 Å². The molecule has 1 aliphatic rings. The lowest BCUT2D eigenvalue weighted by atomic mass is 9.97. The Balaban J connectivity index is 1.88. The minimum atomic E-state index is -0.206. The van der Waals surface area contributed by atoms with Crippen molar-refractivity contribution < 1.29 is 14.3 Å². The highest BCUT2D eigenvalue weighted by atomic mass is 16.5.